The third-order valence-corrected chi connectivity index (χ3v) is 5.58. The van der Waals surface area contributed by atoms with Crippen molar-refractivity contribution in [1.29, 1.82) is 0 Å². The fourth-order valence-electron chi connectivity index (χ4n) is 2.68. The van der Waals surface area contributed by atoms with Crippen molar-refractivity contribution >= 4 is 27.3 Å². The summed E-state index contributed by atoms with van der Waals surface area (Å²) < 4.78 is 27.4. The third kappa shape index (κ3) is 2.81. The fourth-order valence-corrected chi connectivity index (χ4v) is 4.18. The number of nitrogens with zero attached hydrogens (tertiary/aromatic N) is 1. The van der Waals surface area contributed by atoms with E-state index >= 15 is 0 Å². The maximum Gasteiger partial charge on any atom is 0.271 e. The highest BCUT2D eigenvalue weighted by molar-refractivity contribution is 7.89. The van der Waals surface area contributed by atoms with Gasteiger partial charge in [0.05, 0.1) is 11.6 Å². The number of likely N-dealkylation sites (tertiary alicyclic amines) is 1. The summed E-state index contributed by atoms with van der Waals surface area (Å²) in [6.45, 7) is 2.68. The van der Waals surface area contributed by atoms with Gasteiger partial charge in [0.2, 0.25) is 5.09 Å². The summed E-state index contributed by atoms with van der Waals surface area (Å²) in [6.07, 6.45) is 2.98. The van der Waals surface area contributed by atoms with Crippen LogP contribution in [0.1, 0.15) is 39.0 Å². The average molecular weight is 340 g/mol. The lowest BCUT2D eigenvalue weighted by Crippen LogP contribution is -2.29. The number of sulfonamides is 1. The number of primary sulfonamides is 1. The lowest BCUT2D eigenvalue weighted by Gasteiger charge is -2.23. The molecule has 1 saturated heterocycles. The topological polar surface area (TPSA) is 93.6 Å². The number of amides is 1. The summed E-state index contributed by atoms with van der Waals surface area (Å²) in [6, 6.07) is 5.31. The van der Waals surface area contributed by atoms with Crippen LogP contribution in [-0.4, -0.2) is 25.8 Å². The molecule has 1 fully saturated rings. The molecule has 118 valence electrons. The van der Waals surface area contributed by atoms with Crippen LogP contribution in [0.3, 0.4) is 0 Å². The zero-order valence-corrected chi connectivity index (χ0v) is 13.6. The molecule has 0 unspecified atom stereocenters. The molecule has 2 N–H and O–H groups in total. The Hall–Kier alpha value is -1.64. The molecule has 3 heterocycles. The molecule has 0 saturated carbocycles. The number of nitrogens with two attached hydrogens (primary N) is 1. The van der Waals surface area contributed by atoms with Crippen LogP contribution in [0, 0.1) is 6.92 Å². The number of hydrogen-bond acceptors (Lipinski definition) is 5. The van der Waals surface area contributed by atoms with Gasteiger partial charge in [-0.25, -0.2) is 13.6 Å². The van der Waals surface area contributed by atoms with Gasteiger partial charge in [0, 0.05) is 22.4 Å². The predicted molar refractivity (Wildman–Crippen MR) is 82.1 cm³/mol. The van der Waals surface area contributed by atoms with Gasteiger partial charge in [0.25, 0.3) is 15.9 Å². The Morgan fingerprint density at radius 1 is 1.45 bits per heavy atom. The largest absolute Gasteiger partial charge is 0.451 e. The summed E-state index contributed by atoms with van der Waals surface area (Å²) in [5.74, 6) is -0.229. The highest BCUT2D eigenvalue weighted by Crippen LogP contribution is 2.36. The van der Waals surface area contributed by atoms with Gasteiger partial charge >= 0.3 is 0 Å². The van der Waals surface area contributed by atoms with Gasteiger partial charge in [-0.15, -0.1) is 11.3 Å². The number of hydrogen-bond donors (Lipinski definition) is 1. The molecule has 0 bridgehead atoms. The molecular weight excluding hydrogens is 324 g/mol. The smallest absolute Gasteiger partial charge is 0.271 e. The number of aryl methyl sites for hydroxylation is 1. The van der Waals surface area contributed by atoms with Crippen molar-refractivity contribution in [3.63, 3.8) is 0 Å². The summed E-state index contributed by atoms with van der Waals surface area (Å²) in [4.78, 5) is 16.7. The standard InChI is InChI=1S/C14H16N2O4S2/c1-9-4-5-12(21-9)11-3-2-6-16(11)14(17)10-7-13(20-8-10)22(15,18)19/h4-5,7-8,11H,2-3,6H2,1H3,(H2,15,18,19)/t11-/m1/s1. The maximum atomic E-state index is 12.6. The minimum Gasteiger partial charge on any atom is -0.451 e. The van der Waals surface area contributed by atoms with E-state index in [1.54, 1.807) is 16.2 Å². The second-order valence-corrected chi connectivity index (χ2v) is 8.12. The highest BCUT2D eigenvalue weighted by Gasteiger charge is 2.32. The van der Waals surface area contributed by atoms with Crippen molar-refractivity contribution in [3.8, 4) is 0 Å². The van der Waals surface area contributed by atoms with E-state index in [2.05, 4.69) is 0 Å². The predicted octanol–water partition coefficient (Wildman–Crippen LogP) is 2.27. The summed E-state index contributed by atoms with van der Waals surface area (Å²) >= 11 is 1.68. The van der Waals surface area contributed by atoms with Crippen molar-refractivity contribution < 1.29 is 17.6 Å². The van der Waals surface area contributed by atoms with E-state index in [4.69, 9.17) is 9.56 Å². The van der Waals surface area contributed by atoms with Gasteiger partial charge in [0.1, 0.15) is 6.26 Å². The van der Waals surface area contributed by atoms with E-state index < -0.39 is 15.1 Å². The number of rotatable bonds is 3. The summed E-state index contributed by atoms with van der Waals surface area (Å²) in [5, 5.41) is 4.61. The van der Waals surface area contributed by atoms with E-state index in [9.17, 15) is 13.2 Å². The molecule has 1 aliphatic rings. The molecule has 0 radical (unpaired) electrons. The molecule has 2 aromatic heterocycles. The van der Waals surface area contributed by atoms with Crippen LogP contribution in [0.5, 0.6) is 0 Å². The second-order valence-electron chi connectivity index (χ2n) is 5.30. The van der Waals surface area contributed by atoms with Crippen molar-refractivity contribution in [2.45, 2.75) is 30.9 Å². The Morgan fingerprint density at radius 3 is 2.82 bits per heavy atom. The van der Waals surface area contributed by atoms with Crippen LogP contribution in [0.4, 0.5) is 0 Å². The molecule has 8 heteroatoms. The van der Waals surface area contributed by atoms with Crippen molar-refractivity contribution in [1.82, 2.24) is 4.90 Å². The minimum absolute atomic E-state index is 0.0408. The van der Waals surface area contributed by atoms with Gasteiger partial charge < -0.3 is 9.32 Å². The fraction of sp³-hybridized carbons (Fsp3) is 0.357. The van der Waals surface area contributed by atoms with E-state index in [0.717, 1.165) is 24.0 Å². The molecule has 3 rings (SSSR count). The van der Waals surface area contributed by atoms with E-state index in [1.807, 2.05) is 19.1 Å². The zero-order valence-electron chi connectivity index (χ0n) is 12.0. The first kappa shape index (κ1) is 15.3. The Bertz CT molecular complexity index is 806. The molecule has 1 amide bonds. The molecule has 0 aromatic carbocycles. The summed E-state index contributed by atoms with van der Waals surface area (Å²) in [7, 11) is -3.94. The lowest BCUT2D eigenvalue weighted by atomic mass is 10.1. The minimum atomic E-state index is -3.94. The molecule has 1 atom stereocenters. The molecule has 1 aliphatic heterocycles. The first-order chi connectivity index (χ1) is 10.4. The van der Waals surface area contributed by atoms with Crippen LogP contribution in [0.2, 0.25) is 0 Å². The molecule has 2 aromatic rings. The van der Waals surface area contributed by atoms with Crippen LogP contribution >= 0.6 is 11.3 Å². The first-order valence-electron chi connectivity index (χ1n) is 6.85. The number of thiophene rings is 1. The zero-order chi connectivity index (χ0) is 15.9. The molecule has 6 nitrogen and oxygen atoms in total. The van der Waals surface area contributed by atoms with Crippen LogP contribution in [0.15, 0.2) is 34.0 Å². The Kier molecular flexibility index (Phi) is 3.84. The van der Waals surface area contributed by atoms with Crippen LogP contribution in [-0.2, 0) is 10.0 Å². The van der Waals surface area contributed by atoms with Crippen molar-refractivity contribution in [3.05, 3.63) is 39.8 Å². The Labute approximate surface area is 132 Å². The normalized spacial score (nSPS) is 18.8. The monoisotopic (exact) mass is 340 g/mol. The molecule has 22 heavy (non-hydrogen) atoms. The Balaban J connectivity index is 1.86. The molecular formula is C14H16N2O4S2. The highest BCUT2D eigenvalue weighted by atomic mass is 32.2. The number of furan rings is 1. The first-order valence-corrected chi connectivity index (χ1v) is 9.21. The quantitative estimate of drug-likeness (QED) is 0.927. The Morgan fingerprint density at radius 2 is 2.23 bits per heavy atom. The third-order valence-electron chi connectivity index (χ3n) is 3.71. The van der Waals surface area contributed by atoms with Gasteiger partial charge in [-0.3, -0.25) is 4.79 Å². The van der Waals surface area contributed by atoms with Gasteiger partial charge in [-0.2, -0.15) is 0 Å². The van der Waals surface area contributed by atoms with Gasteiger partial charge in [-0.1, -0.05) is 0 Å². The molecule has 0 aliphatic carbocycles. The number of carbonyl (C=O) groups excluding carboxylic acids is 1. The van der Waals surface area contributed by atoms with Gasteiger partial charge in [0.15, 0.2) is 0 Å². The van der Waals surface area contributed by atoms with E-state index in [-0.39, 0.29) is 17.5 Å². The van der Waals surface area contributed by atoms with Crippen LogP contribution < -0.4 is 5.14 Å². The summed E-state index contributed by atoms with van der Waals surface area (Å²) in [5.41, 5.74) is 0.212. The maximum absolute atomic E-state index is 12.6. The van der Waals surface area contributed by atoms with Crippen molar-refractivity contribution in [2.24, 2.45) is 5.14 Å². The lowest BCUT2D eigenvalue weighted by molar-refractivity contribution is 0.0737. The van der Waals surface area contributed by atoms with E-state index in [0.29, 0.717) is 6.54 Å². The number of carbonyl (C=O) groups is 1. The van der Waals surface area contributed by atoms with E-state index in [1.165, 1.54) is 10.9 Å². The van der Waals surface area contributed by atoms with Crippen molar-refractivity contribution in [2.75, 3.05) is 6.54 Å². The molecule has 0 spiro atoms. The second kappa shape index (κ2) is 5.53. The average Bonchev–Trinajstić information content (AvgIpc) is 3.16. The van der Waals surface area contributed by atoms with Gasteiger partial charge in [-0.05, 0) is 31.9 Å². The van der Waals surface area contributed by atoms with Crippen LogP contribution in [0.25, 0.3) is 0 Å². The SMILES string of the molecule is Cc1ccc([C@H]2CCCN2C(=O)c2coc(S(N)(=O)=O)c2)s1.